The molecule has 0 radical (unpaired) electrons. The van der Waals surface area contributed by atoms with Gasteiger partial charge in [0.05, 0.1) is 11.5 Å². The van der Waals surface area contributed by atoms with E-state index in [0.29, 0.717) is 18.0 Å². The second-order valence-corrected chi connectivity index (χ2v) is 3.99. The summed E-state index contributed by atoms with van der Waals surface area (Å²) in [5.41, 5.74) is 0.454. The van der Waals surface area contributed by atoms with Gasteiger partial charge >= 0.3 is 5.69 Å². The van der Waals surface area contributed by atoms with E-state index in [4.69, 9.17) is 4.52 Å². The predicted octanol–water partition coefficient (Wildman–Crippen LogP) is 1.73. The maximum atomic E-state index is 11.1. The van der Waals surface area contributed by atoms with Crippen LogP contribution in [0, 0.1) is 17.0 Å². The molecule has 2 heterocycles. The Labute approximate surface area is 114 Å². The second-order valence-electron chi connectivity index (χ2n) is 3.99. The van der Waals surface area contributed by atoms with Crippen molar-refractivity contribution in [3.8, 4) is 0 Å². The van der Waals surface area contributed by atoms with Gasteiger partial charge in [0, 0.05) is 12.6 Å². The average Bonchev–Trinajstić information content (AvgIpc) is 2.82. The highest BCUT2D eigenvalue weighted by atomic mass is 16.6. The number of aromatic nitrogens is 3. The molecule has 2 aromatic rings. The Morgan fingerprint density at radius 3 is 2.60 bits per heavy atom. The molecule has 0 aromatic carbocycles. The van der Waals surface area contributed by atoms with Crippen LogP contribution in [0.5, 0.6) is 0 Å². The lowest BCUT2D eigenvalue weighted by molar-refractivity contribution is -0.383. The van der Waals surface area contributed by atoms with Crippen molar-refractivity contribution < 1.29 is 9.45 Å². The highest BCUT2D eigenvalue weighted by molar-refractivity contribution is 5.69. The molecular formula is C11H14N6O3. The first-order valence-corrected chi connectivity index (χ1v) is 6.01. The molecule has 0 saturated heterocycles. The summed E-state index contributed by atoms with van der Waals surface area (Å²) >= 11 is 0. The first-order chi connectivity index (χ1) is 9.61. The third-order valence-electron chi connectivity index (χ3n) is 2.46. The van der Waals surface area contributed by atoms with Gasteiger partial charge < -0.3 is 15.2 Å². The monoisotopic (exact) mass is 278 g/mol. The van der Waals surface area contributed by atoms with Crippen LogP contribution in [0.25, 0.3) is 0 Å². The Balaban J connectivity index is 2.22. The zero-order valence-electron chi connectivity index (χ0n) is 11.1. The summed E-state index contributed by atoms with van der Waals surface area (Å²) < 4.78 is 4.92. The molecule has 0 unspecified atom stereocenters. The fraction of sp³-hybridized carbons (Fsp3) is 0.364. The molecule has 9 heteroatoms. The van der Waals surface area contributed by atoms with E-state index in [-0.39, 0.29) is 23.9 Å². The molecule has 0 fully saturated rings. The van der Waals surface area contributed by atoms with Gasteiger partial charge in [-0.05, 0) is 13.8 Å². The third-order valence-corrected chi connectivity index (χ3v) is 2.46. The SMILES string of the molecule is CCNc1ncnc(NCc2cc(C)on2)c1[N+](=O)[O-]. The van der Waals surface area contributed by atoms with Crippen molar-refractivity contribution in [2.45, 2.75) is 20.4 Å². The molecule has 0 atom stereocenters. The Bertz CT molecular complexity index is 612. The summed E-state index contributed by atoms with van der Waals surface area (Å²) in [7, 11) is 0. The molecule has 0 aliphatic carbocycles. The van der Waals surface area contributed by atoms with E-state index < -0.39 is 4.92 Å². The largest absolute Gasteiger partial charge is 0.364 e. The van der Waals surface area contributed by atoms with Crippen LogP contribution in [0.3, 0.4) is 0 Å². The van der Waals surface area contributed by atoms with E-state index >= 15 is 0 Å². The van der Waals surface area contributed by atoms with E-state index in [1.165, 1.54) is 6.33 Å². The minimum absolute atomic E-state index is 0.140. The third kappa shape index (κ3) is 2.99. The number of nitrogens with one attached hydrogen (secondary N) is 2. The molecule has 2 N–H and O–H groups in total. The number of hydrogen-bond acceptors (Lipinski definition) is 8. The van der Waals surface area contributed by atoms with Crippen molar-refractivity contribution >= 4 is 17.3 Å². The summed E-state index contributed by atoms with van der Waals surface area (Å²) in [6.07, 6.45) is 1.27. The maximum Gasteiger partial charge on any atom is 0.353 e. The van der Waals surface area contributed by atoms with Gasteiger partial charge in [-0.1, -0.05) is 5.16 Å². The summed E-state index contributed by atoms with van der Waals surface area (Å²) in [5.74, 6) is 1.00. The molecule has 0 aliphatic heterocycles. The van der Waals surface area contributed by atoms with Gasteiger partial charge in [-0.25, -0.2) is 9.97 Å². The van der Waals surface area contributed by atoms with Crippen molar-refractivity contribution in [3.05, 3.63) is 34.0 Å². The van der Waals surface area contributed by atoms with Gasteiger partial charge in [0.15, 0.2) is 0 Å². The topological polar surface area (TPSA) is 119 Å². The van der Waals surface area contributed by atoms with Crippen molar-refractivity contribution in [2.75, 3.05) is 17.2 Å². The van der Waals surface area contributed by atoms with Gasteiger partial charge in [-0.3, -0.25) is 10.1 Å². The van der Waals surface area contributed by atoms with Crippen molar-refractivity contribution in [1.29, 1.82) is 0 Å². The smallest absolute Gasteiger partial charge is 0.353 e. The fourth-order valence-corrected chi connectivity index (χ4v) is 1.65. The number of aryl methyl sites for hydroxylation is 1. The minimum atomic E-state index is -0.519. The van der Waals surface area contributed by atoms with Gasteiger partial charge in [0.25, 0.3) is 0 Å². The normalized spacial score (nSPS) is 10.3. The number of nitro groups is 1. The first-order valence-electron chi connectivity index (χ1n) is 6.01. The highest BCUT2D eigenvalue weighted by Gasteiger charge is 2.22. The number of hydrogen-bond donors (Lipinski definition) is 2. The Hall–Kier alpha value is -2.71. The lowest BCUT2D eigenvalue weighted by atomic mass is 10.3. The molecule has 0 aliphatic rings. The van der Waals surface area contributed by atoms with Gasteiger partial charge in [0.2, 0.25) is 11.6 Å². The summed E-state index contributed by atoms with van der Waals surface area (Å²) in [5, 5.41) is 20.6. The van der Waals surface area contributed by atoms with Crippen LogP contribution >= 0.6 is 0 Å². The Morgan fingerprint density at radius 2 is 2.05 bits per heavy atom. The number of anilines is 2. The quantitative estimate of drug-likeness (QED) is 0.605. The van der Waals surface area contributed by atoms with Crippen LogP contribution in [-0.4, -0.2) is 26.6 Å². The standard InChI is InChI=1S/C11H14N6O3/c1-3-12-10-9(17(18)19)11(15-6-14-10)13-5-8-4-7(2)20-16-8/h4,6H,3,5H2,1-2H3,(H2,12,13,14,15). The van der Waals surface area contributed by atoms with E-state index in [1.807, 2.05) is 6.92 Å². The molecule has 106 valence electrons. The molecule has 0 spiro atoms. The molecule has 0 bridgehead atoms. The molecule has 2 rings (SSSR count). The van der Waals surface area contributed by atoms with E-state index in [9.17, 15) is 10.1 Å². The average molecular weight is 278 g/mol. The fourth-order valence-electron chi connectivity index (χ4n) is 1.65. The lowest BCUT2D eigenvalue weighted by Gasteiger charge is -2.07. The minimum Gasteiger partial charge on any atom is -0.364 e. The van der Waals surface area contributed by atoms with Crippen LogP contribution in [-0.2, 0) is 6.54 Å². The number of rotatable bonds is 6. The predicted molar refractivity (Wildman–Crippen MR) is 71.4 cm³/mol. The first kappa shape index (κ1) is 13.7. The highest BCUT2D eigenvalue weighted by Crippen LogP contribution is 2.28. The van der Waals surface area contributed by atoms with E-state index in [0.717, 1.165) is 0 Å². The number of nitrogens with zero attached hydrogens (tertiary/aromatic N) is 4. The van der Waals surface area contributed by atoms with Gasteiger partial charge in [-0.15, -0.1) is 0 Å². The second kappa shape index (κ2) is 5.95. The van der Waals surface area contributed by atoms with E-state index in [1.54, 1.807) is 13.0 Å². The molecule has 0 amide bonds. The van der Waals surface area contributed by atoms with Crippen LogP contribution in [0.1, 0.15) is 18.4 Å². The van der Waals surface area contributed by atoms with Gasteiger partial charge in [-0.2, -0.15) is 0 Å². The van der Waals surface area contributed by atoms with Crippen molar-refractivity contribution in [2.24, 2.45) is 0 Å². The Morgan fingerprint density at radius 1 is 1.35 bits per heavy atom. The van der Waals surface area contributed by atoms with Crippen molar-refractivity contribution in [3.63, 3.8) is 0 Å². The molecule has 0 saturated carbocycles. The van der Waals surface area contributed by atoms with Crippen LogP contribution < -0.4 is 10.6 Å². The maximum absolute atomic E-state index is 11.1. The summed E-state index contributed by atoms with van der Waals surface area (Å²) in [4.78, 5) is 18.4. The van der Waals surface area contributed by atoms with Crippen LogP contribution in [0.4, 0.5) is 17.3 Å². The zero-order valence-corrected chi connectivity index (χ0v) is 11.1. The lowest BCUT2D eigenvalue weighted by Crippen LogP contribution is -2.09. The Kier molecular flexibility index (Phi) is 4.08. The molecular weight excluding hydrogens is 264 g/mol. The molecule has 2 aromatic heterocycles. The zero-order chi connectivity index (χ0) is 14.5. The molecule has 9 nitrogen and oxygen atoms in total. The molecule has 20 heavy (non-hydrogen) atoms. The summed E-state index contributed by atoms with van der Waals surface area (Å²) in [6, 6.07) is 1.74. The van der Waals surface area contributed by atoms with Crippen molar-refractivity contribution in [1.82, 2.24) is 15.1 Å². The van der Waals surface area contributed by atoms with Crippen LogP contribution in [0.15, 0.2) is 16.9 Å². The van der Waals surface area contributed by atoms with Gasteiger partial charge in [0.1, 0.15) is 17.8 Å². The van der Waals surface area contributed by atoms with Crippen LogP contribution in [0.2, 0.25) is 0 Å². The summed E-state index contributed by atoms with van der Waals surface area (Å²) in [6.45, 7) is 4.41. The van der Waals surface area contributed by atoms with E-state index in [2.05, 4.69) is 25.8 Å².